The highest BCUT2D eigenvalue weighted by Crippen LogP contribution is 2.21. The van der Waals surface area contributed by atoms with Crippen LogP contribution in [0, 0.1) is 5.21 Å². The lowest BCUT2D eigenvalue weighted by Gasteiger charge is -2.11. The lowest BCUT2D eigenvalue weighted by molar-refractivity contribution is -0.645. The van der Waals surface area contributed by atoms with E-state index in [1.54, 1.807) is 49.4 Å². The highest BCUT2D eigenvalue weighted by Gasteiger charge is 2.18. The average Bonchev–Trinajstić information content (AvgIpc) is 2.41. The molecule has 1 aromatic heterocycles. The lowest BCUT2D eigenvalue weighted by atomic mass is 10.3. The first-order chi connectivity index (χ1) is 9.56. The first-order valence-corrected chi connectivity index (χ1v) is 7.23. The van der Waals surface area contributed by atoms with Crippen LogP contribution in [0.15, 0.2) is 53.7 Å². The van der Waals surface area contributed by atoms with Crippen molar-refractivity contribution in [1.82, 2.24) is 0 Å². The third kappa shape index (κ3) is 3.88. The Bertz CT molecular complexity index is 622. The molecule has 1 unspecified atom stereocenters. The molecule has 0 aliphatic carbocycles. The van der Waals surface area contributed by atoms with E-state index in [9.17, 15) is 10.0 Å². The van der Waals surface area contributed by atoms with Gasteiger partial charge in [-0.25, -0.2) is 0 Å². The Morgan fingerprint density at radius 1 is 1.35 bits per heavy atom. The Morgan fingerprint density at radius 3 is 2.85 bits per heavy atom. The highest BCUT2D eigenvalue weighted by atomic mass is 35.5. The molecule has 0 radical (unpaired) electrons. The number of benzene rings is 1. The van der Waals surface area contributed by atoms with Crippen molar-refractivity contribution in [3.8, 4) is 0 Å². The molecule has 2 aromatic rings. The molecule has 0 aliphatic heterocycles. The molecule has 20 heavy (non-hydrogen) atoms. The van der Waals surface area contributed by atoms with Gasteiger partial charge in [0.05, 0.1) is 5.25 Å². The summed E-state index contributed by atoms with van der Waals surface area (Å²) < 4.78 is 0.744. The van der Waals surface area contributed by atoms with E-state index in [1.807, 2.05) is 0 Å². The molecular weight excluding hydrogens is 296 g/mol. The summed E-state index contributed by atoms with van der Waals surface area (Å²) in [7, 11) is 0. The number of nitrogens with one attached hydrogen (secondary N) is 1. The van der Waals surface area contributed by atoms with Gasteiger partial charge in [0.25, 0.3) is 5.03 Å². The standard InChI is InChI=1S/C14H13ClN2O2S/c1-10(20-13-7-2-3-8-17(13)19)14(18)16-12-6-4-5-11(15)9-12/h2-10H,1H3,(H,16,18). The number of aromatic nitrogens is 1. The Kier molecular flexibility index (Phi) is 4.87. The number of hydrogen-bond acceptors (Lipinski definition) is 3. The van der Waals surface area contributed by atoms with Gasteiger partial charge < -0.3 is 10.5 Å². The summed E-state index contributed by atoms with van der Waals surface area (Å²) in [5.41, 5.74) is 0.637. The van der Waals surface area contributed by atoms with Crippen LogP contribution in [0.25, 0.3) is 0 Å². The van der Waals surface area contributed by atoms with Crippen LogP contribution >= 0.6 is 23.4 Å². The van der Waals surface area contributed by atoms with Crippen LogP contribution in [-0.4, -0.2) is 11.2 Å². The molecule has 104 valence electrons. The summed E-state index contributed by atoms with van der Waals surface area (Å²) in [5.74, 6) is -0.180. The minimum atomic E-state index is -0.392. The minimum Gasteiger partial charge on any atom is -0.618 e. The van der Waals surface area contributed by atoms with Crippen molar-refractivity contribution < 1.29 is 9.52 Å². The van der Waals surface area contributed by atoms with Gasteiger partial charge in [-0.2, -0.15) is 4.73 Å². The number of thioether (sulfide) groups is 1. The van der Waals surface area contributed by atoms with E-state index in [4.69, 9.17) is 11.6 Å². The van der Waals surface area contributed by atoms with Gasteiger partial charge in [0.1, 0.15) is 0 Å². The molecule has 1 atom stereocenters. The van der Waals surface area contributed by atoms with Gasteiger partial charge in [0, 0.05) is 22.8 Å². The summed E-state index contributed by atoms with van der Waals surface area (Å²) in [5, 5.41) is 14.9. The molecule has 0 spiro atoms. The fourth-order valence-electron chi connectivity index (χ4n) is 1.55. The predicted octanol–water partition coefficient (Wildman–Crippen LogP) is 3.09. The SMILES string of the molecule is CC(Sc1cccc[n+]1[O-])C(=O)Nc1cccc(Cl)c1. The smallest absolute Gasteiger partial charge is 0.252 e. The second-order valence-corrected chi connectivity index (χ2v) is 5.92. The molecular formula is C14H13ClN2O2S. The highest BCUT2D eigenvalue weighted by molar-refractivity contribution is 8.00. The molecule has 1 aromatic carbocycles. The Labute approximate surface area is 126 Å². The van der Waals surface area contributed by atoms with E-state index >= 15 is 0 Å². The maximum absolute atomic E-state index is 12.1. The molecule has 2 rings (SSSR count). The Hall–Kier alpha value is -1.72. The van der Waals surface area contributed by atoms with Crippen molar-refractivity contribution in [2.45, 2.75) is 17.2 Å². The van der Waals surface area contributed by atoms with Crippen LogP contribution in [0.3, 0.4) is 0 Å². The number of halogens is 1. The van der Waals surface area contributed by atoms with E-state index in [-0.39, 0.29) is 5.91 Å². The van der Waals surface area contributed by atoms with Gasteiger partial charge >= 0.3 is 0 Å². The zero-order valence-corrected chi connectivity index (χ0v) is 12.3. The van der Waals surface area contributed by atoms with Crippen molar-refractivity contribution >= 4 is 35.0 Å². The second-order valence-electron chi connectivity index (χ2n) is 4.12. The maximum atomic E-state index is 12.1. The Balaban J connectivity index is 2.01. The number of carbonyl (C=O) groups is 1. The van der Waals surface area contributed by atoms with E-state index in [2.05, 4.69) is 5.32 Å². The van der Waals surface area contributed by atoms with Crippen LogP contribution in [0.2, 0.25) is 5.02 Å². The number of pyridine rings is 1. The van der Waals surface area contributed by atoms with Gasteiger partial charge in [0.15, 0.2) is 6.20 Å². The Morgan fingerprint density at radius 2 is 2.15 bits per heavy atom. The fourth-order valence-corrected chi connectivity index (χ4v) is 2.59. The summed E-state index contributed by atoms with van der Waals surface area (Å²) in [4.78, 5) is 12.1. The van der Waals surface area contributed by atoms with Crippen LogP contribution in [0.4, 0.5) is 5.69 Å². The van der Waals surface area contributed by atoms with Crippen LogP contribution in [-0.2, 0) is 4.79 Å². The van der Waals surface area contributed by atoms with Gasteiger partial charge in [-0.05, 0) is 43.0 Å². The van der Waals surface area contributed by atoms with Gasteiger partial charge in [0.2, 0.25) is 5.91 Å². The molecule has 0 bridgehead atoms. The van der Waals surface area contributed by atoms with Crippen LogP contribution in [0.5, 0.6) is 0 Å². The van der Waals surface area contributed by atoms with Gasteiger partial charge in [-0.3, -0.25) is 4.79 Å². The topological polar surface area (TPSA) is 56.0 Å². The van der Waals surface area contributed by atoms with Gasteiger partial charge in [-0.15, -0.1) is 0 Å². The largest absolute Gasteiger partial charge is 0.618 e. The number of nitrogens with zero attached hydrogens (tertiary/aromatic N) is 1. The van der Waals surface area contributed by atoms with E-state index < -0.39 is 5.25 Å². The first kappa shape index (κ1) is 14.7. The molecule has 0 aliphatic rings. The van der Waals surface area contributed by atoms with Crippen molar-refractivity contribution in [2.75, 3.05) is 5.32 Å². The molecule has 1 amide bonds. The van der Waals surface area contributed by atoms with E-state index in [0.29, 0.717) is 15.7 Å². The maximum Gasteiger partial charge on any atom is 0.252 e. The summed E-state index contributed by atoms with van der Waals surface area (Å²) in [6.07, 6.45) is 1.41. The molecule has 4 nitrogen and oxygen atoms in total. The first-order valence-electron chi connectivity index (χ1n) is 5.97. The number of rotatable bonds is 4. The minimum absolute atomic E-state index is 0.180. The predicted molar refractivity (Wildman–Crippen MR) is 80.8 cm³/mol. The second kappa shape index (κ2) is 6.63. The number of amides is 1. The lowest BCUT2D eigenvalue weighted by Crippen LogP contribution is -2.30. The third-order valence-corrected chi connectivity index (χ3v) is 3.91. The number of hydrogen-bond donors (Lipinski definition) is 1. The van der Waals surface area contributed by atoms with Crippen LogP contribution < -0.4 is 10.0 Å². The van der Waals surface area contributed by atoms with Gasteiger partial charge in [-0.1, -0.05) is 17.7 Å². The number of anilines is 1. The van der Waals surface area contributed by atoms with Crippen molar-refractivity contribution in [3.05, 3.63) is 58.9 Å². The van der Waals surface area contributed by atoms with E-state index in [1.165, 1.54) is 18.0 Å². The fraction of sp³-hybridized carbons (Fsp3) is 0.143. The number of carbonyl (C=O) groups excluding carboxylic acids is 1. The summed E-state index contributed by atoms with van der Waals surface area (Å²) in [6.45, 7) is 1.75. The third-order valence-electron chi connectivity index (χ3n) is 2.55. The molecule has 0 fully saturated rings. The molecule has 1 heterocycles. The molecule has 0 saturated carbocycles. The molecule has 0 saturated heterocycles. The van der Waals surface area contributed by atoms with Crippen LogP contribution in [0.1, 0.15) is 6.92 Å². The summed E-state index contributed by atoms with van der Waals surface area (Å²) >= 11 is 7.06. The molecule has 1 N–H and O–H groups in total. The van der Waals surface area contributed by atoms with Crippen molar-refractivity contribution in [1.29, 1.82) is 0 Å². The monoisotopic (exact) mass is 308 g/mol. The zero-order chi connectivity index (χ0) is 14.5. The van der Waals surface area contributed by atoms with E-state index in [0.717, 1.165) is 4.73 Å². The summed E-state index contributed by atoms with van der Waals surface area (Å²) in [6, 6.07) is 12.0. The zero-order valence-electron chi connectivity index (χ0n) is 10.7. The average molecular weight is 309 g/mol. The van der Waals surface area contributed by atoms with Crippen molar-refractivity contribution in [3.63, 3.8) is 0 Å². The van der Waals surface area contributed by atoms with Crippen molar-refractivity contribution in [2.24, 2.45) is 0 Å². The quantitative estimate of drug-likeness (QED) is 0.536. The molecule has 6 heteroatoms. The normalized spacial score (nSPS) is 11.9.